The van der Waals surface area contributed by atoms with Gasteiger partial charge in [-0.25, -0.2) is 0 Å². The zero-order valence-corrected chi connectivity index (χ0v) is 11.7. The van der Waals surface area contributed by atoms with Gasteiger partial charge >= 0.3 is 0 Å². The number of hydrogen-bond donors (Lipinski definition) is 1. The normalized spacial score (nSPS) is 26.9. The van der Waals surface area contributed by atoms with E-state index in [1.807, 2.05) is 0 Å². The number of carbonyl (C=O) groups excluding carboxylic acids is 1. The summed E-state index contributed by atoms with van der Waals surface area (Å²) in [6.45, 7) is 7.79. The van der Waals surface area contributed by atoms with Crippen LogP contribution in [-0.4, -0.2) is 49.2 Å². The summed E-state index contributed by atoms with van der Waals surface area (Å²) >= 11 is 0. The molecule has 0 spiro atoms. The number of ether oxygens (including phenoxy) is 1. The van der Waals surface area contributed by atoms with E-state index in [1.54, 1.807) is 0 Å². The molecule has 18 heavy (non-hydrogen) atoms. The van der Waals surface area contributed by atoms with E-state index in [1.165, 1.54) is 0 Å². The summed E-state index contributed by atoms with van der Waals surface area (Å²) in [7, 11) is 0. The zero-order chi connectivity index (χ0) is 13.0. The van der Waals surface area contributed by atoms with Gasteiger partial charge in [0.05, 0.1) is 6.04 Å². The third-order valence-electron chi connectivity index (χ3n) is 3.88. The standard InChI is InChI=1S/C14H26N2O2/c1-11(2)15-13-4-3-7-16(14(13)17)10-12-5-8-18-9-6-12/h11-13,15H,3-10H2,1-2H3. The van der Waals surface area contributed by atoms with Crippen LogP contribution in [0.3, 0.4) is 0 Å². The summed E-state index contributed by atoms with van der Waals surface area (Å²) in [5.41, 5.74) is 0. The molecule has 0 aliphatic carbocycles. The minimum atomic E-state index is 0.0404. The predicted molar refractivity (Wildman–Crippen MR) is 71.4 cm³/mol. The van der Waals surface area contributed by atoms with Crippen LogP contribution in [0, 0.1) is 5.92 Å². The summed E-state index contributed by atoms with van der Waals surface area (Å²) < 4.78 is 5.37. The Morgan fingerprint density at radius 1 is 1.33 bits per heavy atom. The molecule has 2 aliphatic rings. The number of piperidine rings is 1. The molecule has 0 bridgehead atoms. The van der Waals surface area contributed by atoms with Crippen molar-refractivity contribution in [3.63, 3.8) is 0 Å². The third-order valence-corrected chi connectivity index (χ3v) is 3.88. The van der Waals surface area contributed by atoms with Crippen LogP contribution < -0.4 is 5.32 Å². The fourth-order valence-electron chi connectivity index (χ4n) is 2.92. The number of nitrogens with one attached hydrogen (secondary N) is 1. The third kappa shape index (κ3) is 3.69. The first-order valence-electron chi connectivity index (χ1n) is 7.29. The van der Waals surface area contributed by atoms with E-state index in [9.17, 15) is 4.79 Å². The van der Waals surface area contributed by atoms with Crippen LogP contribution in [0.4, 0.5) is 0 Å². The van der Waals surface area contributed by atoms with Gasteiger partial charge in [-0.1, -0.05) is 13.8 Å². The van der Waals surface area contributed by atoms with Crippen LogP contribution in [0.15, 0.2) is 0 Å². The zero-order valence-electron chi connectivity index (χ0n) is 11.7. The van der Waals surface area contributed by atoms with Crippen LogP contribution >= 0.6 is 0 Å². The maximum Gasteiger partial charge on any atom is 0.239 e. The molecule has 2 saturated heterocycles. The maximum atomic E-state index is 12.4. The molecule has 2 aliphatic heterocycles. The van der Waals surface area contributed by atoms with E-state index in [0.29, 0.717) is 17.9 Å². The molecule has 1 unspecified atom stereocenters. The van der Waals surface area contributed by atoms with Crippen LogP contribution in [0.5, 0.6) is 0 Å². The first-order chi connectivity index (χ1) is 8.66. The van der Waals surface area contributed by atoms with Gasteiger partial charge in [-0.2, -0.15) is 0 Å². The van der Waals surface area contributed by atoms with Gasteiger partial charge in [0.1, 0.15) is 0 Å². The van der Waals surface area contributed by atoms with Gasteiger partial charge in [-0.15, -0.1) is 0 Å². The number of likely N-dealkylation sites (tertiary alicyclic amines) is 1. The Morgan fingerprint density at radius 2 is 2.06 bits per heavy atom. The highest BCUT2D eigenvalue weighted by Crippen LogP contribution is 2.20. The molecular formula is C14H26N2O2. The molecule has 1 atom stereocenters. The van der Waals surface area contributed by atoms with Gasteiger partial charge in [0, 0.05) is 32.3 Å². The van der Waals surface area contributed by atoms with Crippen LogP contribution in [0.25, 0.3) is 0 Å². The van der Waals surface area contributed by atoms with Crippen LogP contribution in [0.1, 0.15) is 39.5 Å². The Bertz CT molecular complexity index is 275. The molecule has 0 aromatic carbocycles. The molecule has 2 fully saturated rings. The Labute approximate surface area is 110 Å². The SMILES string of the molecule is CC(C)NC1CCCN(CC2CCOCC2)C1=O. The first-order valence-corrected chi connectivity index (χ1v) is 7.29. The average molecular weight is 254 g/mol. The molecule has 2 heterocycles. The molecule has 104 valence electrons. The van der Waals surface area contributed by atoms with Gasteiger partial charge in [0.25, 0.3) is 0 Å². The monoisotopic (exact) mass is 254 g/mol. The van der Waals surface area contributed by atoms with Crippen molar-refractivity contribution in [1.82, 2.24) is 10.2 Å². The second-order valence-electron chi connectivity index (χ2n) is 5.86. The largest absolute Gasteiger partial charge is 0.381 e. The summed E-state index contributed by atoms with van der Waals surface area (Å²) in [6, 6.07) is 0.417. The molecule has 0 radical (unpaired) electrons. The van der Waals surface area contributed by atoms with Crippen molar-refractivity contribution in [3.8, 4) is 0 Å². The first kappa shape index (κ1) is 13.8. The van der Waals surface area contributed by atoms with E-state index in [4.69, 9.17) is 4.74 Å². The van der Waals surface area contributed by atoms with E-state index in [-0.39, 0.29) is 6.04 Å². The van der Waals surface area contributed by atoms with E-state index in [2.05, 4.69) is 24.1 Å². The Kier molecular flexibility index (Phi) is 5.01. The fourth-order valence-corrected chi connectivity index (χ4v) is 2.92. The average Bonchev–Trinajstić information content (AvgIpc) is 2.35. The molecule has 2 rings (SSSR count). The lowest BCUT2D eigenvalue weighted by Crippen LogP contribution is -2.53. The molecular weight excluding hydrogens is 228 g/mol. The van der Waals surface area contributed by atoms with E-state index in [0.717, 1.165) is 52.0 Å². The lowest BCUT2D eigenvalue weighted by molar-refractivity contribution is -0.137. The lowest BCUT2D eigenvalue weighted by Gasteiger charge is -2.36. The van der Waals surface area contributed by atoms with Gasteiger partial charge in [-0.05, 0) is 31.6 Å². The van der Waals surface area contributed by atoms with E-state index >= 15 is 0 Å². The molecule has 4 nitrogen and oxygen atoms in total. The molecule has 0 aromatic rings. The minimum Gasteiger partial charge on any atom is -0.381 e. The van der Waals surface area contributed by atoms with Crippen molar-refractivity contribution < 1.29 is 9.53 Å². The molecule has 0 aromatic heterocycles. The number of nitrogens with zero attached hydrogens (tertiary/aromatic N) is 1. The highest BCUT2D eigenvalue weighted by molar-refractivity contribution is 5.82. The molecule has 1 N–H and O–H groups in total. The van der Waals surface area contributed by atoms with Crippen LogP contribution in [-0.2, 0) is 9.53 Å². The van der Waals surface area contributed by atoms with E-state index < -0.39 is 0 Å². The van der Waals surface area contributed by atoms with Crippen molar-refractivity contribution in [2.24, 2.45) is 5.92 Å². The topological polar surface area (TPSA) is 41.6 Å². The van der Waals surface area contributed by atoms with Crippen LogP contribution in [0.2, 0.25) is 0 Å². The Morgan fingerprint density at radius 3 is 2.72 bits per heavy atom. The second-order valence-corrected chi connectivity index (χ2v) is 5.86. The molecule has 0 saturated carbocycles. The summed E-state index contributed by atoms with van der Waals surface area (Å²) in [5.74, 6) is 0.946. The second kappa shape index (κ2) is 6.53. The van der Waals surface area contributed by atoms with Crippen molar-refractivity contribution >= 4 is 5.91 Å². The molecule has 1 amide bonds. The van der Waals surface area contributed by atoms with Gasteiger partial charge in [-0.3, -0.25) is 4.79 Å². The number of amides is 1. The van der Waals surface area contributed by atoms with Crippen molar-refractivity contribution in [2.45, 2.75) is 51.6 Å². The Balaban J connectivity index is 1.85. The lowest BCUT2D eigenvalue weighted by atomic mass is 9.97. The fraction of sp³-hybridized carbons (Fsp3) is 0.929. The maximum absolute atomic E-state index is 12.4. The smallest absolute Gasteiger partial charge is 0.239 e. The minimum absolute atomic E-state index is 0.0404. The summed E-state index contributed by atoms with van der Waals surface area (Å²) in [6.07, 6.45) is 4.32. The highest BCUT2D eigenvalue weighted by Gasteiger charge is 2.30. The van der Waals surface area contributed by atoms with Crippen molar-refractivity contribution in [2.75, 3.05) is 26.3 Å². The Hall–Kier alpha value is -0.610. The predicted octanol–water partition coefficient (Wildman–Crippen LogP) is 1.40. The van der Waals surface area contributed by atoms with Gasteiger partial charge in [0.2, 0.25) is 5.91 Å². The highest BCUT2D eigenvalue weighted by atomic mass is 16.5. The summed E-state index contributed by atoms with van der Waals surface area (Å²) in [4.78, 5) is 14.4. The number of hydrogen-bond acceptors (Lipinski definition) is 3. The number of carbonyl (C=O) groups is 1. The van der Waals surface area contributed by atoms with Gasteiger partial charge in [0.15, 0.2) is 0 Å². The summed E-state index contributed by atoms with van der Waals surface area (Å²) in [5, 5.41) is 3.38. The van der Waals surface area contributed by atoms with Crippen molar-refractivity contribution in [3.05, 3.63) is 0 Å². The molecule has 4 heteroatoms. The van der Waals surface area contributed by atoms with Gasteiger partial charge < -0.3 is 15.0 Å². The van der Waals surface area contributed by atoms with Crippen molar-refractivity contribution in [1.29, 1.82) is 0 Å². The quantitative estimate of drug-likeness (QED) is 0.824. The number of rotatable bonds is 4.